The van der Waals surface area contributed by atoms with Crippen LogP contribution in [0.15, 0.2) is 22.7 Å². The third-order valence-electron chi connectivity index (χ3n) is 4.05. The summed E-state index contributed by atoms with van der Waals surface area (Å²) in [5.74, 6) is 0.683. The molecule has 0 atom stereocenters. The van der Waals surface area contributed by atoms with E-state index in [0.29, 0.717) is 12.0 Å². The zero-order valence-corrected chi connectivity index (χ0v) is 14.9. The van der Waals surface area contributed by atoms with E-state index in [-0.39, 0.29) is 0 Å². The molecule has 1 aromatic carbocycles. The van der Waals surface area contributed by atoms with E-state index in [9.17, 15) is 0 Å². The molecule has 0 amide bonds. The summed E-state index contributed by atoms with van der Waals surface area (Å²) in [5.41, 5.74) is 2.60. The summed E-state index contributed by atoms with van der Waals surface area (Å²) >= 11 is 3.72. The summed E-state index contributed by atoms with van der Waals surface area (Å²) in [7, 11) is 2.19. The molecule has 1 saturated heterocycles. The third kappa shape index (κ3) is 4.97. The molecule has 118 valence electrons. The normalized spacial score (nSPS) is 16.4. The minimum atomic E-state index is 0.593. The first kappa shape index (κ1) is 16.8. The standard InChI is InChI=1S/C17H27BrN2O/c1-13(2)11-19-12-14-4-5-16(10-17(14)18)20(3)15-6-8-21-9-7-15/h4-5,10,13,15,19H,6-9,11-12H2,1-3H3. The van der Waals surface area contributed by atoms with Crippen LogP contribution in [-0.2, 0) is 11.3 Å². The minimum absolute atomic E-state index is 0.593. The van der Waals surface area contributed by atoms with E-state index in [0.717, 1.165) is 39.1 Å². The lowest BCUT2D eigenvalue weighted by atomic mass is 10.1. The van der Waals surface area contributed by atoms with Crippen LogP contribution in [-0.4, -0.2) is 32.8 Å². The molecule has 21 heavy (non-hydrogen) atoms. The van der Waals surface area contributed by atoms with Crippen LogP contribution in [0.25, 0.3) is 0 Å². The van der Waals surface area contributed by atoms with Crippen molar-refractivity contribution in [3.8, 4) is 0 Å². The Morgan fingerprint density at radius 1 is 1.33 bits per heavy atom. The highest BCUT2D eigenvalue weighted by molar-refractivity contribution is 9.10. The van der Waals surface area contributed by atoms with Gasteiger partial charge in [-0.05, 0) is 43.0 Å². The average molecular weight is 355 g/mol. The van der Waals surface area contributed by atoms with Crippen molar-refractivity contribution >= 4 is 21.6 Å². The van der Waals surface area contributed by atoms with Gasteiger partial charge in [-0.25, -0.2) is 0 Å². The highest BCUT2D eigenvalue weighted by atomic mass is 79.9. The van der Waals surface area contributed by atoms with Gasteiger partial charge in [0.05, 0.1) is 0 Å². The molecule has 1 N–H and O–H groups in total. The molecule has 0 saturated carbocycles. The molecular formula is C17H27BrN2O. The van der Waals surface area contributed by atoms with Crippen LogP contribution in [0.2, 0.25) is 0 Å². The first-order valence-corrected chi connectivity index (χ1v) is 8.67. The summed E-state index contributed by atoms with van der Waals surface area (Å²) in [5, 5.41) is 3.49. The van der Waals surface area contributed by atoms with Gasteiger partial charge in [0.25, 0.3) is 0 Å². The summed E-state index contributed by atoms with van der Waals surface area (Å²) in [6, 6.07) is 7.28. The van der Waals surface area contributed by atoms with Gasteiger partial charge < -0.3 is 15.0 Å². The summed E-state index contributed by atoms with van der Waals surface area (Å²) in [6.45, 7) is 8.19. The number of nitrogens with one attached hydrogen (secondary N) is 1. The van der Waals surface area contributed by atoms with Gasteiger partial charge in [0.1, 0.15) is 0 Å². The Labute approximate surface area is 137 Å². The van der Waals surface area contributed by atoms with Gasteiger partial charge in [-0.15, -0.1) is 0 Å². The maximum Gasteiger partial charge on any atom is 0.0485 e. The first-order valence-electron chi connectivity index (χ1n) is 7.87. The van der Waals surface area contributed by atoms with Gasteiger partial charge in [0, 0.05) is 43.0 Å². The maximum absolute atomic E-state index is 5.45. The van der Waals surface area contributed by atoms with Gasteiger partial charge in [0.2, 0.25) is 0 Å². The smallest absolute Gasteiger partial charge is 0.0485 e. The van der Waals surface area contributed by atoms with Crippen LogP contribution in [0.3, 0.4) is 0 Å². The van der Waals surface area contributed by atoms with Crippen molar-refractivity contribution in [1.29, 1.82) is 0 Å². The molecule has 1 heterocycles. The molecule has 1 fully saturated rings. The van der Waals surface area contributed by atoms with Crippen molar-refractivity contribution in [3.05, 3.63) is 28.2 Å². The SMILES string of the molecule is CC(C)CNCc1ccc(N(C)C2CCOCC2)cc1Br. The number of benzene rings is 1. The number of anilines is 1. The van der Waals surface area contributed by atoms with Gasteiger partial charge in [-0.2, -0.15) is 0 Å². The second-order valence-electron chi connectivity index (χ2n) is 6.25. The minimum Gasteiger partial charge on any atom is -0.381 e. The van der Waals surface area contributed by atoms with Crippen LogP contribution in [0.1, 0.15) is 32.3 Å². The van der Waals surface area contributed by atoms with E-state index in [2.05, 4.69) is 65.2 Å². The van der Waals surface area contributed by atoms with Crippen LogP contribution < -0.4 is 10.2 Å². The highest BCUT2D eigenvalue weighted by Crippen LogP contribution is 2.27. The van der Waals surface area contributed by atoms with Crippen LogP contribution in [0, 0.1) is 5.92 Å². The lowest BCUT2D eigenvalue weighted by Crippen LogP contribution is -2.36. The number of rotatable bonds is 6. The second kappa shape index (κ2) is 8.16. The molecule has 1 aromatic rings. The van der Waals surface area contributed by atoms with E-state index in [1.54, 1.807) is 0 Å². The largest absolute Gasteiger partial charge is 0.381 e. The predicted molar refractivity (Wildman–Crippen MR) is 92.9 cm³/mol. The summed E-state index contributed by atoms with van der Waals surface area (Å²) < 4.78 is 6.64. The average Bonchev–Trinajstić information content (AvgIpc) is 2.48. The van der Waals surface area contributed by atoms with Crippen molar-refractivity contribution in [3.63, 3.8) is 0 Å². The lowest BCUT2D eigenvalue weighted by molar-refractivity contribution is 0.0855. The zero-order valence-electron chi connectivity index (χ0n) is 13.4. The highest BCUT2D eigenvalue weighted by Gasteiger charge is 2.19. The van der Waals surface area contributed by atoms with Crippen LogP contribution >= 0.6 is 15.9 Å². The van der Waals surface area contributed by atoms with E-state index < -0.39 is 0 Å². The van der Waals surface area contributed by atoms with Gasteiger partial charge in [-0.3, -0.25) is 0 Å². The predicted octanol–water partition coefficient (Wildman–Crippen LogP) is 3.81. The Balaban J connectivity index is 1.97. The molecule has 0 radical (unpaired) electrons. The van der Waals surface area contributed by atoms with Crippen molar-refractivity contribution in [2.75, 3.05) is 31.7 Å². The van der Waals surface area contributed by atoms with Crippen molar-refractivity contribution in [2.24, 2.45) is 5.92 Å². The first-order chi connectivity index (χ1) is 10.1. The molecule has 0 spiro atoms. The van der Waals surface area contributed by atoms with E-state index in [1.165, 1.54) is 15.7 Å². The molecule has 0 aliphatic carbocycles. The second-order valence-corrected chi connectivity index (χ2v) is 7.11. The van der Waals surface area contributed by atoms with E-state index >= 15 is 0 Å². The van der Waals surface area contributed by atoms with Crippen LogP contribution in [0.5, 0.6) is 0 Å². The molecule has 2 rings (SSSR count). The lowest BCUT2D eigenvalue weighted by Gasteiger charge is -2.33. The maximum atomic E-state index is 5.45. The molecule has 1 aliphatic heterocycles. The van der Waals surface area contributed by atoms with Crippen molar-refractivity contribution in [1.82, 2.24) is 5.32 Å². The fraction of sp³-hybridized carbons (Fsp3) is 0.647. The number of nitrogens with zero attached hydrogens (tertiary/aromatic N) is 1. The molecule has 0 unspecified atom stereocenters. The number of hydrogen-bond acceptors (Lipinski definition) is 3. The molecule has 4 heteroatoms. The molecular weight excluding hydrogens is 328 g/mol. The fourth-order valence-corrected chi connectivity index (χ4v) is 3.18. The number of ether oxygens (including phenoxy) is 1. The topological polar surface area (TPSA) is 24.5 Å². The Morgan fingerprint density at radius 3 is 2.67 bits per heavy atom. The summed E-state index contributed by atoms with van der Waals surface area (Å²) in [4.78, 5) is 2.39. The van der Waals surface area contributed by atoms with Gasteiger partial charge >= 0.3 is 0 Å². The third-order valence-corrected chi connectivity index (χ3v) is 4.79. The Hall–Kier alpha value is -0.580. The Kier molecular flexibility index (Phi) is 6.52. The van der Waals surface area contributed by atoms with E-state index in [1.807, 2.05) is 0 Å². The Morgan fingerprint density at radius 2 is 2.05 bits per heavy atom. The van der Waals surface area contributed by atoms with E-state index in [4.69, 9.17) is 4.74 Å². The quantitative estimate of drug-likeness (QED) is 0.840. The zero-order chi connectivity index (χ0) is 15.2. The molecule has 0 aromatic heterocycles. The monoisotopic (exact) mass is 354 g/mol. The number of hydrogen-bond donors (Lipinski definition) is 1. The Bertz CT molecular complexity index is 444. The van der Waals surface area contributed by atoms with Crippen molar-refractivity contribution < 1.29 is 4.74 Å². The van der Waals surface area contributed by atoms with Crippen LogP contribution in [0.4, 0.5) is 5.69 Å². The van der Waals surface area contributed by atoms with Gasteiger partial charge in [0.15, 0.2) is 0 Å². The van der Waals surface area contributed by atoms with Crippen molar-refractivity contribution in [2.45, 2.75) is 39.3 Å². The molecule has 3 nitrogen and oxygen atoms in total. The summed E-state index contributed by atoms with van der Waals surface area (Å²) in [6.07, 6.45) is 2.23. The molecule has 1 aliphatic rings. The van der Waals surface area contributed by atoms with Gasteiger partial charge in [-0.1, -0.05) is 35.8 Å². The fourth-order valence-electron chi connectivity index (χ4n) is 2.68. The molecule has 0 bridgehead atoms. The number of halogens is 1.